The van der Waals surface area contributed by atoms with Crippen LogP contribution in [-0.4, -0.2) is 30.0 Å². The first-order valence-electron chi connectivity index (χ1n) is 6.23. The van der Waals surface area contributed by atoms with Crippen molar-refractivity contribution in [3.63, 3.8) is 0 Å². The predicted molar refractivity (Wildman–Crippen MR) is 70.3 cm³/mol. The van der Waals surface area contributed by atoms with Crippen molar-refractivity contribution in [3.8, 4) is 0 Å². The Morgan fingerprint density at radius 1 is 1.28 bits per heavy atom. The van der Waals surface area contributed by atoms with Gasteiger partial charge in [-0.3, -0.25) is 4.90 Å². The molecule has 1 aliphatic rings. The Kier molecular flexibility index (Phi) is 3.02. The topological polar surface area (TPSA) is 32.5 Å². The zero-order valence-corrected chi connectivity index (χ0v) is 10.5. The third-order valence-corrected chi connectivity index (χ3v) is 3.33. The number of nitrogens with zero attached hydrogens (tertiary/aromatic N) is 3. The average Bonchev–Trinajstić information content (AvgIpc) is 2.83. The molecule has 0 aromatic carbocycles. The van der Waals surface area contributed by atoms with Crippen LogP contribution in [0.1, 0.15) is 11.3 Å². The van der Waals surface area contributed by atoms with Crippen LogP contribution >= 0.6 is 0 Å². The summed E-state index contributed by atoms with van der Waals surface area (Å²) in [7, 11) is 2.10. The molecule has 0 atom stereocenters. The quantitative estimate of drug-likeness (QED) is 0.809. The van der Waals surface area contributed by atoms with E-state index in [-0.39, 0.29) is 0 Å². The lowest BCUT2D eigenvalue weighted by molar-refractivity contribution is 0.246. The second-order valence-corrected chi connectivity index (χ2v) is 4.70. The van der Waals surface area contributed by atoms with E-state index in [1.54, 1.807) is 6.26 Å². The van der Waals surface area contributed by atoms with Crippen LogP contribution in [0.25, 0.3) is 0 Å². The van der Waals surface area contributed by atoms with Gasteiger partial charge in [0.1, 0.15) is 11.6 Å². The highest BCUT2D eigenvalue weighted by Crippen LogP contribution is 2.22. The fraction of sp³-hybridized carbons (Fsp3) is 0.357. The maximum absolute atomic E-state index is 5.42. The molecule has 94 valence electrons. The third kappa shape index (κ3) is 2.24. The molecule has 0 bridgehead atoms. The van der Waals surface area contributed by atoms with Gasteiger partial charge in [-0.25, -0.2) is 4.98 Å². The summed E-state index contributed by atoms with van der Waals surface area (Å²) >= 11 is 0. The van der Waals surface area contributed by atoms with Gasteiger partial charge in [-0.05, 0) is 18.2 Å². The molecule has 2 aromatic rings. The van der Waals surface area contributed by atoms with Gasteiger partial charge in [-0.15, -0.1) is 0 Å². The minimum atomic E-state index is 0.856. The summed E-state index contributed by atoms with van der Waals surface area (Å²) in [5.74, 6) is 2.12. The highest BCUT2D eigenvalue weighted by Gasteiger charge is 2.18. The standard InChI is InChI=1S/C14H17N3O/c1-16-7-8-17(11-13-5-3-9-18-13)10-12-4-2-6-15-14(12)16/h2-6,9H,7-8,10-11H2,1H3. The predicted octanol–water partition coefficient (Wildman–Crippen LogP) is 2.13. The molecular formula is C14H17N3O. The van der Waals surface area contributed by atoms with Crippen LogP contribution in [0.3, 0.4) is 0 Å². The molecule has 0 unspecified atom stereocenters. The van der Waals surface area contributed by atoms with Crippen molar-refractivity contribution >= 4 is 5.82 Å². The van der Waals surface area contributed by atoms with Gasteiger partial charge in [0.2, 0.25) is 0 Å². The summed E-state index contributed by atoms with van der Waals surface area (Å²) in [6.07, 6.45) is 3.59. The molecule has 0 amide bonds. The van der Waals surface area contributed by atoms with E-state index in [2.05, 4.69) is 27.9 Å². The van der Waals surface area contributed by atoms with E-state index in [0.29, 0.717) is 0 Å². The normalized spacial score (nSPS) is 16.4. The highest BCUT2D eigenvalue weighted by molar-refractivity contribution is 5.46. The largest absolute Gasteiger partial charge is 0.468 e. The van der Waals surface area contributed by atoms with Crippen LogP contribution in [0, 0.1) is 0 Å². The second kappa shape index (κ2) is 4.82. The summed E-state index contributed by atoms with van der Waals surface area (Å²) in [6, 6.07) is 8.12. The summed E-state index contributed by atoms with van der Waals surface area (Å²) in [5, 5.41) is 0. The van der Waals surface area contributed by atoms with Crippen LogP contribution in [0.2, 0.25) is 0 Å². The monoisotopic (exact) mass is 243 g/mol. The average molecular weight is 243 g/mol. The van der Waals surface area contributed by atoms with Crippen molar-refractivity contribution in [2.24, 2.45) is 0 Å². The Hall–Kier alpha value is -1.81. The van der Waals surface area contributed by atoms with E-state index in [9.17, 15) is 0 Å². The number of anilines is 1. The lowest BCUT2D eigenvalue weighted by Gasteiger charge is -2.19. The summed E-state index contributed by atoms with van der Waals surface area (Å²) in [6.45, 7) is 3.79. The number of furan rings is 1. The van der Waals surface area contributed by atoms with E-state index in [0.717, 1.165) is 37.8 Å². The minimum Gasteiger partial charge on any atom is -0.468 e. The van der Waals surface area contributed by atoms with Crippen molar-refractivity contribution in [1.29, 1.82) is 0 Å². The highest BCUT2D eigenvalue weighted by atomic mass is 16.3. The lowest BCUT2D eigenvalue weighted by atomic mass is 10.2. The third-order valence-electron chi connectivity index (χ3n) is 3.33. The van der Waals surface area contributed by atoms with Crippen molar-refractivity contribution < 1.29 is 4.42 Å². The molecule has 0 saturated carbocycles. The minimum absolute atomic E-state index is 0.856. The molecule has 0 fully saturated rings. The van der Waals surface area contributed by atoms with Gasteiger partial charge in [0.05, 0.1) is 12.8 Å². The summed E-state index contributed by atoms with van der Waals surface area (Å²) in [5.41, 5.74) is 1.28. The summed E-state index contributed by atoms with van der Waals surface area (Å²) in [4.78, 5) is 9.08. The number of hydrogen-bond acceptors (Lipinski definition) is 4. The Morgan fingerprint density at radius 2 is 2.22 bits per heavy atom. The second-order valence-electron chi connectivity index (χ2n) is 4.70. The van der Waals surface area contributed by atoms with E-state index in [1.165, 1.54) is 5.56 Å². The Balaban J connectivity index is 1.80. The van der Waals surface area contributed by atoms with Gasteiger partial charge >= 0.3 is 0 Å². The molecule has 0 saturated heterocycles. The van der Waals surface area contributed by atoms with Crippen LogP contribution in [0.4, 0.5) is 5.82 Å². The van der Waals surface area contributed by atoms with Gasteiger partial charge < -0.3 is 9.32 Å². The zero-order chi connectivity index (χ0) is 12.4. The molecule has 0 aliphatic carbocycles. The molecule has 0 spiro atoms. The van der Waals surface area contributed by atoms with E-state index < -0.39 is 0 Å². The SMILES string of the molecule is CN1CCN(Cc2ccco2)Cc2cccnc21. The molecule has 0 radical (unpaired) electrons. The van der Waals surface area contributed by atoms with Crippen molar-refractivity contribution in [1.82, 2.24) is 9.88 Å². The Bertz CT molecular complexity index is 510. The van der Waals surface area contributed by atoms with Crippen molar-refractivity contribution in [2.45, 2.75) is 13.1 Å². The molecule has 3 heterocycles. The molecule has 1 aliphatic heterocycles. The molecule has 4 heteroatoms. The lowest BCUT2D eigenvalue weighted by Crippen LogP contribution is -2.28. The first-order valence-corrected chi connectivity index (χ1v) is 6.23. The number of aromatic nitrogens is 1. The Labute approximate surface area is 107 Å². The van der Waals surface area contributed by atoms with Crippen LogP contribution in [-0.2, 0) is 13.1 Å². The fourth-order valence-corrected chi connectivity index (χ4v) is 2.37. The van der Waals surface area contributed by atoms with Gasteiger partial charge in [-0.1, -0.05) is 6.07 Å². The smallest absolute Gasteiger partial charge is 0.132 e. The van der Waals surface area contributed by atoms with Crippen molar-refractivity contribution in [2.75, 3.05) is 25.0 Å². The number of rotatable bonds is 2. The maximum atomic E-state index is 5.42. The number of hydrogen-bond donors (Lipinski definition) is 0. The number of likely N-dealkylation sites (N-methyl/N-ethyl adjacent to an activating group) is 1. The molecular weight excluding hydrogens is 226 g/mol. The number of pyridine rings is 1. The van der Waals surface area contributed by atoms with Gasteiger partial charge in [0, 0.05) is 38.4 Å². The molecule has 3 rings (SSSR count). The van der Waals surface area contributed by atoms with Gasteiger partial charge in [0.25, 0.3) is 0 Å². The van der Waals surface area contributed by atoms with Crippen LogP contribution in [0.15, 0.2) is 41.1 Å². The number of fused-ring (bicyclic) bond motifs is 1. The van der Waals surface area contributed by atoms with E-state index in [4.69, 9.17) is 4.42 Å². The van der Waals surface area contributed by atoms with Crippen LogP contribution < -0.4 is 4.90 Å². The molecule has 4 nitrogen and oxygen atoms in total. The summed E-state index contributed by atoms with van der Waals surface area (Å²) < 4.78 is 5.42. The first-order chi connectivity index (χ1) is 8.83. The fourth-order valence-electron chi connectivity index (χ4n) is 2.37. The molecule has 18 heavy (non-hydrogen) atoms. The molecule has 0 N–H and O–H groups in total. The van der Waals surface area contributed by atoms with Crippen molar-refractivity contribution in [3.05, 3.63) is 48.0 Å². The zero-order valence-electron chi connectivity index (χ0n) is 10.5. The maximum Gasteiger partial charge on any atom is 0.132 e. The van der Waals surface area contributed by atoms with Gasteiger partial charge in [0.15, 0.2) is 0 Å². The van der Waals surface area contributed by atoms with E-state index >= 15 is 0 Å². The van der Waals surface area contributed by atoms with Crippen LogP contribution in [0.5, 0.6) is 0 Å². The van der Waals surface area contributed by atoms with Gasteiger partial charge in [-0.2, -0.15) is 0 Å². The molecule has 2 aromatic heterocycles. The van der Waals surface area contributed by atoms with E-state index in [1.807, 2.05) is 24.4 Å². The Morgan fingerprint density at radius 3 is 3.06 bits per heavy atom. The first kappa shape index (κ1) is 11.3.